The number of aryl methyl sites for hydroxylation is 1. The Bertz CT molecular complexity index is 476. The first-order chi connectivity index (χ1) is 9.71. The highest BCUT2D eigenvalue weighted by atomic mass is 19.4. The average Bonchev–Trinajstić information content (AvgIpc) is 2.37. The largest absolute Gasteiger partial charge is 0.406 e. The number of nitrogens with zero attached hydrogens (tertiary/aromatic N) is 1. The third-order valence-electron chi connectivity index (χ3n) is 3.51. The molecule has 1 amide bonds. The second kappa shape index (κ2) is 6.83. The minimum Gasteiger partial charge on any atom is -0.398 e. The second-order valence-electron chi connectivity index (χ2n) is 5.06. The highest BCUT2D eigenvalue weighted by Gasteiger charge is 2.36. The van der Waals surface area contributed by atoms with E-state index in [1.54, 1.807) is 32.9 Å². The molecule has 0 bridgehead atoms. The fourth-order valence-electron chi connectivity index (χ4n) is 2.42. The highest BCUT2D eigenvalue weighted by Crippen LogP contribution is 2.25. The van der Waals surface area contributed by atoms with Crippen LogP contribution in [-0.2, 0) is 0 Å². The van der Waals surface area contributed by atoms with E-state index in [9.17, 15) is 18.0 Å². The van der Waals surface area contributed by atoms with Crippen LogP contribution in [0.15, 0.2) is 18.2 Å². The Balaban J connectivity index is 3.22. The Morgan fingerprint density at radius 1 is 1.29 bits per heavy atom. The van der Waals surface area contributed by atoms with Crippen molar-refractivity contribution in [2.75, 3.05) is 12.3 Å². The predicted molar refractivity (Wildman–Crippen MR) is 77.1 cm³/mol. The highest BCUT2D eigenvalue weighted by molar-refractivity contribution is 6.00. The zero-order chi connectivity index (χ0) is 16.2. The fraction of sp³-hybridized carbons (Fsp3) is 0.533. The van der Waals surface area contributed by atoms with Gasteiger partial charge in [-0.25, -0.2) is 0 Å². The lowest BCUT2D eigenvalue weighted by molar-refractivity contribution is -0.144. The van der Waals surface area contributed by atoms with Crippen LogP contribution in [0, 0.1) is 6.92 Å². The number of carbonyl (C=O) groups is 1. The second-order valence-corrected chi connectivity index (χ2v) is 5.06. The molecule has 0 aliphatic rings. The Morgan fingerprint density at radius 3 is 2.29 bits per heavy atom. The number of carbonyl (C=O) groups excluding carboxylic acids is 1. The summed E-state index contributed by atoms with van der Waals surface area (Å²) in [5, 5.41) is 0. The van der Waals surface area contributed by atoms with Crippen molar-refractivity contribution in [3.8, 4) is 0 Å². The number of hydrogen-bond acceptors (Lipinski definition) is 2. The van der Waals surface area contributed by atoms with Gasteiger partial charge in [0.2, 0.25) is 0 Å². The van der Waals surface area contributed by atoms with E-state index in [0.717, 1.165) is 4.90 Å². The molecule has 0 radical (unpaired) electrons. The molecule has 0 heterocycles. The molecule has 0 aromatic heterocycles. The van der Waals surface area contributed by atoms with Crippen LogP contribution in [0.5, 0.6) is 0 Å². The fourth-order valence-corrected chi connectivity index (χ4v) is 2.42. The maximum atomic E-state index is 12.8. The van der Waals surface area contributed by atoms with Crippen LogP contribution in [0.1, 0.15) is 42.6 Å². The number of nitrogen functional groups attached to an aromatic ring is 1. The van der Waals surface area contributed by atoms with E-state index in [0.29, 0.717) is 18.4 Å². The minimum atomic E-state index is -4.43. The first-order valence-corrected chi connectivity index (χ1v) is 6.94. The predicted octanol–water partition coefficient (Wildman–Crippen LogP) is 3.77. The van der Waals surface area contributed by atoms with Crippen LogP contribution >= 0.6 is 0 Å². The van der Waals surface area contributed by atoms with Gasteiger partial charge in [-0.2, -0.15) is 13.2 Å². The standard InChI is InChI=1S/C15H21F3N2O/c1-4-11(5-2)20(9-15(16,17)18)14(21)13-10(3)7-6-8-12(13)19/h6-8,11H,4-5,9,19H2,1-3H3. The van der Waals surface area contributed by atoms with E-state index in [-0.39, 0.29) is 11.3 Å². The molecule has 3 nitrogen and oxygen atoms in total. The van der Waals surface area contributed by atoms with Gasteiger partial charge < -0.3 is 10.6 Å². The van der Waals surface area contributed by atoms with Crippen molar-refractivity contribution in [3.05, 3.63) is 29.3 Å². The molecule has 6 heteroatoms. The van der Waals surface area contributed by atoms with Crippen molar-refractivity contribution < 1.29 is 18.0 Å². The summed E-state index contributed by atoms with van der Waals surface area (Å²) >= 11 is 0. The van der Waals surface area contributed by atoms with Gasteiger partial charge in [0.1, 0.15) is 6.54 Å². The summed E-state index contributed by atoms with van der Waals surface area (Å²) in [6.07, 6.45) is -3.51. The maximum Gasteiger partial charge on any atom is 0.406 e. The molecule has 0 fully saturated rings. The van der Waals surface area contributed by atoms with Crippen molar-refractivity contribution in [3.63, 3.8) is 0 Å². The van der Waals surface area contributed by atoms with Gasteiger partial charge in [-0.15, -0.1) is 0 Å². The molecule has 0 aliphatic carbocycles. The third-order valence-corrected chi connectivity index (χ3v) is 3.51. The zero-order valence-corrected chi connectivity index (χ0v) is 12.5. The van der Waals surface area contributed by atoms with Gasteiger partial charge in [0.05, 0.1) is 5.56 Å². The Kier molecular flexibility index (Phi) is 5.63. The molecule has 0 saturated heterocycles. The number of benzene rings is 1. The SMILES string of the molecule is CCC(CC)N(CC(F)(F)F)C(=O)c1c(C)cccc1N. The van der Waals surface area contributed by atoms with Crippen LogP contribution in [0.2, 0.25) is 0 Å². The minimum absolute atomic E-state index is 0.161. The lowest BCUT2D eigenvalue weighted by Crippen LogP contribution is -2.45. The van der Waals surface area contributed by atoms with Gasteiger partial charge in [-0.3, -0.25) is 4.79 Å². The van der Waals surface area contributed by atoms with Gasteiger partial charge in [0.25, 0.3) is 5.91 Å². The van der Waals surface area contributed by atoms with Crippen LogP contribution in [0.25, 0.3) is 0 Å². The molecule has 21 heavy (non-hydrogen) atoms. The number of halogens is 3. The van der Waals surface area contributed by atoms with Crippen molar-refractivity contribution in [2.24, 2.45) is 0 Å². The summed E-state index contributed by atoms with van der Waals surface area (Å²) < 4.78 is 38.4. The number of alkyl halides is 3. The molecule has 0 unspecified atom stereocenters. The molecule has 0 atom stereocenters. The average molecular weight is 302 g/mol. The summed E-state index contributed by atoms with van der Waals surface area (Å²) in [5.41, 5.74) is 6.73. The first kappa shape index (κ1) is 17.3. The first-order valence-electron chi connectivity index (χ1n) is 6.94. The van der Waals surface area contributed by atoms with E-state index in [1.165, 1.54) is 6.07 Å². The number of amides is 1. The Hall–Kier alpha value is -1.72. The van der Waals surface area contributed by atoms with Crippen molar-refractivity contribution in [1.82, 2.24) is 4.90 Å². The van der Waals surface area contributed by atoms with Gasteiger partial charge in [0, 0.05) is 11.7 Å². The summed E-state index contributed by atoms with van der Waals surface area (Å²) in [6, 6.07) is 4.41. The monoisotopic (exact) mass is 302 g/mol. The Labute approximate surface area is 122 Å². The quantitative estimate of drug-likeness (QED) is 0.842. The maximum absolute atomic E-state index is 12.8. The molecule has 0 spiro atoms. The van der Waals surface area contributed by atoms with Gasteiger partial charge in [-0.1, -0.05) is 26.0 Å². The van der Waals surface area contributed by atoms with E-state index in [1.807, 2.05) is 0 Å². The van der Waals surface area contributed by atoms with E-state index >= 15 is 0 Å². The molecule has 0 saturated carbocycles. The molecule has 1 rings (SSSR count). The van der Waals surface area contributed by atoms with Crippen molar-refractivity contribution in [2.45, 2.75) is 45.8 Å². The molecule has 0 aliphatic heterocycles. The van der Waals surface area contributed by atoms with Crippen LogP contribution < -0.4 is 5.73 Å². The lowest BCUT2D eigenvalue weighted by atomic mass is 10.0. The zero-order valence-electron chi connectivity index (χ0n) is 12.5. The Morgan fingerprint density at radius 2 is 1.86 bits per heavy atom. The molecule has 118 valence electrons. The third kappa shape index (κ3) is 4.37. The van der Waals surface area contributed by atoms with Crippen LogP contribution in [0.3, 0.4) is 0 Å². The number of hydrogen-bond donors (Lipinski definition) is 1. The van der Waals surface area contributed by atoms with Crippen LogP contribution in [-0.4, -0.2) is 29.6 Å². The van der Waals surface area contributed by atoms with E-state index < -0.39 is 24.7 Å². The number of nitrogens with two attached hydrogens (primary N) is 1. The molecule has 1 aromatic rings. The summed E-state index contributed by atoms with van der Waals surface area (Å²) in [4.78, 5) is 13.5. The topological polar surface area (TPSA) is 46.3 Å². The normalized spacial score (nSPS) is 11.8. The molecule has 2 N–H and O–H groups in total. The summed E-state index contributed by atoms with van der Waals surface area (Å²) in [6.45, 7) is 3.95. The smallest absolute Gasteiger partial charge is 0.398 e. The number of rotatable bonds is 5. The van der Waals surface area contributed by atoms with Gasteiger partial charge >= 0.3 is 6.18 Å². The number of anilines is 1. The van der Waals surface area contributed by atoms with Crippen molar-refractivity contribution in [1.29, 1.82) is 0 Å². The molecular formula is C15H21F3N2O. The van der Waals surface area contributed by atoms with Gasteiger partial charge in [0.15, 0.2) is 0 Å². The van der Waals surface area contributed by atoms with E-state index in [2.05, 4.69) is 0 Å². The van der Waals surface area contributed by atoms with Gasteiger partial charge in [-0.05, 0) is 31.4 Å². The lowest BCUT2D eigenvalue weighted by Gasteiger charge is -2.32. The summed E-state index contributed by atoms with van der Waals surface area (Å²) in [5.74, 6) is -0.656. The molecular weight excluding hydrogens is 281 g/mol. The van der Waals surface area contributed by atoms with E-state index in [4.69, 9.17) is 5.73 Å². The molecule has 1 aromatic carbocycles. The summed E-state index contributed by atoms with van der Waals surface area (Å²) in [7, 11) is 0. The van der Waals surface area contributed by atoms with Crippen molar-refractivity contribution >= 4 is 11.6 Å². The van der Waals surface area contributed by atoms with Crippen LogP contribution in [0.4, 0.5) is 18.9 Å².